The number of anilines is 1. The third kappa shape index (κ3) is 1.99. The van der Waals surface area contributed by atoms with E-state index in [-0.39, 0.29) is 5.69 Å². The molecule has 0 bridgehead atoms. The smallest absolute Gasteiger partial charge is 0.356 e. The molecule has 2 N–H and O–H groups in total. The lowest BCUT2D eigenvalue weighted by molar-refractivity contribution is 0.0594. The average molecular weight is 232 g/mol. The summed E-state index contributed by atoms with van der Waals surface area (Å²) in [6.45, 7) is 0. The Balaban J connectivity index is 2.62. The lowest BCUT2D eigenvalue weighted by Crippen LogP contribution is -2.04. The normalized spacial score (nSPS) is 10.2. The van der Waals surface area contributed by atoms with Crippen LogP contribution in [0.15, 0.2) is 24.3 Å². The van der Waals surface area contributed by atoms with Gasteiger partial charge in [0.2, 0.25) is 0 Å². The number of rotatable bonds is 2. The Morgan fingerprint density at radius 2 is 2.06 bits per heavy atom. The lowest BCUT2D eigenvalue weighted by atomic mass is 10.1. The number of nitrogen functional groups attached to an aromatic ring is 1. The number of aromatic nitrogens is 1. The van der Waals surface area contributed by atoms with Crippen LogP contribution >= 0.6 is 0 Å². The summed E-state index contributed by atoms with van der Waals surface area (Å²) in [5, 5.41) is 0.814. The van der Waals surface area contributed by atoms with Crippen LogP contribution in [-0.2, 0) is 4.74 Å². The minimum absolute atomic E-state index is 0.233. The number of hydrogen-bond acceptors (Lipinski definition) is 5. The first-order valence-corrected chi connectivity index (χ1v) is 4.98. The molecule has 0 amide bonds. The molecule has 1 aromatic heterocycles. The second kappa shape index (κ2) is 4.29. The van der Waals surface area contributed by atoms with Crippen molar-refractivity contribution in [3.63, 3.8) is 0 Å². The van der Waals surface area contributed by atoms with Crippen molar-refractivity contribution in [3.8, 4) is 5.75 Å². The topological polar surface area (TPSA) is 74.4 Å². The fourth-order valence-corrected chi connectivity index (χ4v) is 1.57. The molecule has 1 aromatic carbocycles. The van der Waals surface area contributed by atoms with Crippen molar-refractivity contribution >= 4 is 22.6 Å². The molecule has 0 aliphatic heterocycles. The quantitative estimate of drug-likeness (QED) is 0.629. The summed E-state index contributed by atoms with van der Waals surface area (Å²) in [5.41, 5.74) is 7.11. The maximum absolute atomic E-state index is 11.3. The van der Waals surface area contributed by atoms with Gasteiger partial charge in [-0.1, -0.05) is 6.07 Å². The van der Waals surface area contributed by atoms with E-state index in [4.69, 9.17) is 10.5 Å². The molecule has 0 spiro atoms. The van der Waals surface area contributed by atoms with E-state index in [1.54, 1.807) is 31.4 Å². The Bertz CT molecular complexity index is 581. The molecule has 0 aliphatic carbocycles. The minimum atomic E-state index is -0.484. The first kappa shape index (κ1) is 11.2. The van der Waals surface area contributed by atoms with Crippen LogP contribution < -0.4 is 10.5 Å². The largest absolute Gasteiger partial charge is 0.497 e. The fraction of sp³-hybridized carbons (Fsp3) is 0.167. The zero-order valence-electron chi connectivity index (χ0n) is 9.56. The van der Waals surface area contributed by atoms with E-state index in [0.717, 1.165) is 5.39 Å². The van der Waals surface area contributed by atoms with E-state index < -0.39 is 5.97 Å². The van der Waals surface area contributed by atoms with Crippen molar-refractivity contribution < 1.29 is 14.3 Å². The fourth-order valence-electron chi connectivity index (χ4n) is 1.57. The number of carbonyl (C=O) groups is 1. The number of esters is 1. The number of ether oxygens (including phenoxy) is 2. The Morgan fingerprint density at radius 1 is 1.29 bits per heavy atom. The van der Waals surface area contributed by atoms with Crippen molar-refractivity contribution in [1.82, 2.24) is 4.98 Å². The summed E-state index contributed by atoms with van der Waals surface area (Å²) < 4.78 is 9.71. The van der Waals surface area contributed by atoms with Crippen molar-refractivity contribution in [2.24, 2.45) is 0 Å². The highest BCUT2D eigenvalue weighted by Crippen LogP contribution is 2.26. The Labute approximate surface area is 98.2 Å². The van der Waals surface area contributed by atoms with Crippen LogP contribution in [0.2, 0.25) is 0 Å². The third-order valence-corrected chi connectivity index (χ3v) is 2.43. The van der Waals surface area contributed by atoms with Gasteiger partial charge in [0.15, 0.2) is 0 Å². The molecule has 0 radical (unpaired) electrons. The zero-order chi connectivity index (χ0) is 12.4. The third-order valence-electron chi connectivity index (χ3n) is 2.43. The number of benzene rings is 1. The van der Waals surface area contributed by atoms with Gasteiger partial charge in [-0.3, -0.25) is 0 Å². The molecule has 0 fully saturated rings. The first-order valence-electron chi connectivity index (χ1n) is 4.98. The molecule has 88 valence electrons. The van der Waals surface area contributed by atoms with E-state index in [9.17, 15) is 4.79 Å². The molecule has 17 heavy (non-hydrogen) atoms. The van der Waals surface area contributed by atoms with E-state index >= 15 is 0 Å². The number of nitrogens with zero attached hydrogens (tertiary/aromatic N) is 1. The average Bonchev–Trinajstić information content (AvgIpc) is 2.37. The molecular formula is C12H12N2O3. The highest BCUT2D eigenvalue weighted by molar-refractivity contribution is 5.95. The molecule has 0 unspecified atom stereocenters. The predicted molar refractivity (Wildman–Crippen MR) is 64.0 cm³/mol. The molecule has 0 saturated heterocycles. The second-order valence-corrected chi connectivity index (χ2v) is 3.48. The zero-order valence-corrected chi connectivity index (χ0v) is 9.56. The predicted octanol–water partition coefficient (Wildman–Crippen LogP) is 1.61. The number of hydrogen-bond donors (Lipinski definition) is 1. The standard InChI is InChI=1S/C12H12N2O3/c1-16-8-5-7-3-4-10(12(15)17-2)14-11(7)9(13)6-8/h3-6H,13H2,1-2H3. The van der Waals surface area contributed by atoms with Crippen LogP contribution in [0.1, 0.15) is 10.5 Å². The Morgan fingerprint density at radius 3 is 2.71 bits per heavy atom. The molecule has 5 heteroatoms. The van der Waals surface area contributed by atoms with Crippen LogP contribution in [0.4, 0.5) is 5.69 Å². The second-order valence-electron chi connectivity index (χ2n) is 3.48. The van der Waals surface area contributed by atoms with Gasteiger partial charge < -0.3 is 15.2 Å². The summed E-state index contributed by atoms with van der Waals surface area (Å²) in [7, 11) is 2.88. The Kier molecular flexibility index (Phi) is 2.82. The molecule has 5 nitrogen and oxygen atoms in total. The van der Waals surface area contributed by atoms with E-state index in [1.165, 1.54) is 7.11 Å². The summed E-state index contributed by atoms with van der Waals surface area (Å²) >= 11 is 0. The first-order chi connectivity index (χ1) is 8.15. The highest BCUT2D eigenvalue weighted by Gasteiger charge is 2.10. The number of pyridine rings is 1. The van der Waals surface area contributed by atoms with Crippen LogP contribution in [0, 0.1) is 0 Å². The van der Waals surface area contributed by atoms with Crippen molar-refractivity contribution in [2.45, 2.75) is 0 Å². The van der Waals surface area contributed by atoms with Crippen molar-refractivity contribution in [2.75, 3.05) is 20.0 Å². The number of carbonyl (C=O) groups excluding carboxylic acids is 1. The lowest BCUT2D eigenvalue weighted by Gasteiger charge is -2.06. The van der Waals surface area contributed by atoms with E-state index in [2.05, 4.69) is 9.72 Å². The molecule has 2 aromatic rings. The SMILES string of the molecule is COC(=O)c1ccc2cc(OC)cc(N)c2n1. The summed E-state index contributed by atoms with van der Waals surface area (Å²) in [5.74, 6) is 0.171. The van der Waals surface area contributed by atoms with Crippen LogP contribution in [0.3, 0.4) is 0 Å². The van der Waals surface area contributed by atoms with E-state index in [0.29, 0.717) is 17.0 Å². The number of fused-ring (bicyclic) bond motifs is 1. The molecule has 0 aliphatic rings. The number of nitrogens with two attached hydrogens (primary N) is 1. The summed E-state index contributed by atoms with van der Waals surface area (Å²) in [4.78, 5) is 15.5. The molecular weight excluding hydrogens is 220 g/mol. The monoisotopic (exact) mass is 232 g/mol. The molecule has 2 rings (SSSR count). The summed E-state index contributed by atoms with van der Waals surface area (Å²) in [6, 6.07) is 6.82. The van der Waals surface area contributed by atoms with Gasteiger partial charge >= 0.3 is 5.97 Å². The van der Waals surface area contributed by atoms with Gasteiger partial charge in [0.05, 0.1) is 25.4 Å². The van der Waals surface area contributed by atoms with Crippen LogP contribution in [0.5, 0.6) is 5.75 Å². The molecule has 0 atom stereocenters. The van der Waals surface area contributed by atoms with Crippen LogP contribution in [-0.4, -0.2) is 25.2 Å². The number of methoxy groups -OCH3 is 2. The summed E-state index contributed by atoms with van der Waals surface area (Å²) in [6.07, 6.45) is 0. The van der Waals surface area contributed by atoms with Gasteiger partial charge in [0.25, 0.3) is 0 Å². The van der Waals surface area contributed by atoms with Gasteiger partial charge in [-0.05, 0) is 12.1 Å². The van der Waals surface area contributed by atoms with Gasteiger partial charge in [-0.15, -0.1) is 0 Å². The molecule has 0 saturated carbocycles. The molecule has 1 heterocycles. The maximum atomic E-state index is 11.3. The maximum Gasteiger partial charge on any atom is 0.356 e. The van der Waals surface area contributed by atoms with Crippen molar-refractivity contribution in [3.05, 3.63) is 30.0 Å². The van der Waals surface area contributed by atoms with Gasteiger partial charge in [-0.25, -0.2) is 9.78 Å². The van der Waals surface area contributed by atoms with Crippen LogP contribution in [0.25, 0.3) is 10.9 Å². The van der Waals surface area contributed by atoms with Crippen molar-refractivity contribution in [1.29, 1.82) is 0 Å². The minimum Gasteiger partial charge on any atom is -0.497 e. The van der Waals surface area contributed by atoms with Gasteiger partial charge in [0, 0.05) is 11.5 Å². The van der Waals surface area contributed by atoms with Gasteiger partial charge in [-0.2, -0.15) is 0 Å². The van der Waals surface area contributed by atoms with Gasteiger partial charge in [0.1, 0.15) is 11.4 Å². The van der Waals surface area contributed by atoms with E-state index in [1.807, 2.05) is 0 Å². The Hall–Kier alpha value is -2.30. The highest BCUT2D eigenvalue weighted by atomic mass is 16.5.